The first-order valence-electron chi connectivity index (χ1n) is 10.8. The van der Waals surface area contributed by atoms with Crippen molar-refractivity contribution >= 4 is 11.5 Å². The SMILES string of the molecule is Cc1cc(N2C[C@H]3CC[C@@H](C2)C3Cc2nc3c(OCC(F)(F)F)ccc(C(F)(F)F)n3n2)on1. The summed E-state index contributed by atoms with van der Waals surface area (Å²) in [6.07, 6.45) is -7.15. The fraction of sp³-hybridized carbons (Fsp3) is 0.571. The molecule has 0 amide bonds. The minimum absolute atomic E-state index is 0.145. The van der Waals surface area contributed by atoms with Gasteiger partial charge >= 0.3 is 12.4 Å². The Kier molecular flexibility index (Phi) is 5.40. The van der Waals surface area contributed by atoms with Crippen molar-refractivity contribution in [3.63, 3.8) is 0 Å². The van der Waals surface area contributed by atoms with E-state index in [4.69, 9.17) is 9.26 Å². The summed E-state index contributed by atoms with van der Waals surface area (Å²) in [5, 5.41) is 7.96. The van der Waals surface area contributed by atoms with Crippen molar-refractivity contribution in [1.82, 2.24) is 19.8 Å². The van der Waals surface area contributed by atoms with Crippen LogP contribution in [0.4, 0.5) is 32.2 Å². The molecular formula is C21H21F6N5O2. The van der Waals surface area contributed by atoms with E-state index in [2.05, 4.69) is 20.1 Å². The molecule has 0 spiro atoms. The van der Waals surface area contributed by atoms with Crippen molar-refractivity contribution in [3.05, 3.63) is 35.4 Å². The lowest BCUT2D eigenvalue weighted by Gasteiger charge is -2.37. The average molecular weight is 489 g/mol. The van der Waals surface area contributed by atoms with Gasteiger partial charge in [-0.05, 0) is 49.7 Å². The summed E-state index contributed by atoms with van der Waals surface area (Å²) in [5.74, 6) is 1.12. The third kappa shape index (κ3) is 4.39. The molecule has 4 heterocycles. The van der Waals surface area contributed by atoms with E-state index in [0.29, 0.717) is 22.9 Å². The Balaban J connectivity index is 1.41. The molecule has 1 saturated heterocycles. The number of piperidine rings is 1. The van der Waals surface area contributed by atoms with Crippen molar-refractivity contribution in [2.75, 3.05) is 24.6 Å². The first-order valence-corrected chi connectivity index (χ1v) is 10.8. The normalized spacial score (nSPS) is 23.1. The van der Waals surface area contributed by atoms with Crippen LogP contribution >= 0.6 is 0 Å². The van der Waals surface area contributed by atoms with Gasteiger partial charge in [-0.2, -0.15) is 31.4 Å². The molecule has 2 aliphatic rings. The molecule has 13 heteroatoms. The quantitative estimate of drug-likeness (QED) is 0.485. The van der Waals surface area contributed by atoms with Gasteiger partial charge in [-0.15, -0.1) is 0 Å². The molecule has 2 bridgehead atoms. The Morgan fingerprint density at radius 3 is 2.38 bits per heavy atom. The van der Waals surface area contributed by atoms with Gasteiger partial charge in [0.25, 0.3) is 0 Å². The van der Waals surface area contributed by atoms with Crippen LogP contribution in [0.3, 0.4) is 0 Å². The molecule has 3 atom stereocenters. The van der Waals surface area contributed by atoms with Crippen molar-refractivity contribution in [2.45, 2.75) is 38.5 Å². The minimum atomic E-state index is -4.76. The summed E-state index contributed by atoms with van der Waals surface area (Å²) in [7, 11) is 0. The van der Waals surface area contributed by atoms with Crippen LogP contribution in [0.2, 0.25) is 0 Å². The number of fused-ring (bicyclic) bond motifs is 3. The van der Waals surface area contributed by atoms with E-state index in [1.54, 1.807) is 0 Å². The van der Waals surface area contributed by atoms with Gasteiger partial charge in [0, 0.05) is 25.6 Å². The fourth-order valence-electron chi connectivity index (χ4n) is 5.11. The first kappa shape index (κ1) is 22.8. The largest absolute Gasteiger partial charge is 0.480 e. The van der Waals surface area contributed by atoms with E-state index >= 15 is 0 Å². The maximum absolute atomic E-state index is 13.5. The van der Waals surface area contributed by atoms with Crippen LogP contribution in [0.1, 0.15) is 30.1 Å². The zero-order valence-electron chi connectivity index (χ0n) is 18.0. The summed E-state index contributed by atoms with van der Waals surface area (Å²) in [5.41, 5.74) is -0.725. The van der Waals surface area contributed by atoms with Gasteiger partial charge in [-0.3, -0.25) is 0 Å². The van der Waals surface area contributed by atoms with Crippen LogP contribution in [-0.2, 0) is 12.6 Å². The van der Waals surface area contributed by atoms with Gasteiger partial charge in [0.05, 0.1) is 5.69 Å². The molecule has 1 aliphatic carbocycles. The number of halogens is 6. The molecule has 0 N–H and O–H groups in total. The first-order chi connectivity index (χ1) is 16.0. The van der Waals surface area contributed by atoms with Crippen molar-refractivity contribution in [1.29, 1.82) is 0 Å². The van der Waals surface area contributed by atoms with E-state index in [9.17, 15) is 26.3 Å². The zero-order chi connectivity index (χ0) is 24.3. The number of rotatable bonds is 5. The highest BCUT2D eigenvalue weighted by Gasteiger charge is 2.43. The standard InChI is InChI=1S/C21H21F6N5O2/c1-11-6-18(34-30-11)31-8-12-2-3-13(9-31)14(12)7-17-28-19-15(33-10-20(22,23)24)4-5-16(21(25,26)27)32(19)29-17/h4-6,12-14H,2-3,7-10H2,1H3/t12-,13+,14?. The summed E-state index contributed by atoms with van der Waals surface area (Å²) >= 11 is 0. The number of anilines is 1. The Morgan fingerprint density at radius 2 is 1.79 bits per heavy atom. The monoisotopic (exact) mass is 489 g/mol. The number of alkyl halides is 6. The Hall–Kier alpha value is -2.99. The molecule has 1 unspecified atom stereocenters. The summed E-state index contributed by atoms with van der Waals surface area (Å²) in [6, 6.07) is 3.37. The molecule has 3 aromatic rings. The molecule has 7 nitrogen and oxygen atoms in total. The number of nitrogens with zero attached hydrogens (tertiary/aromatic N) is 5. The summed E-state index contributed by atoms with van der Waals surface area (Å²) in [6.45, 7) is 1.64. The second kappa shape index (κ2) is 8.05. The van der Waals surface area contributed by atoms with Crippen molar-refractivity contribution in [3.8, 4) is 5.75 Å². The second-order valence-electron chi connectivity index (χ2n) is 8.92. The fourth-order valence-corrected chi connectivity index (χ4v) is 5.11. The number of aryl methyl sites for hydroxylation is 1. The Bertz CT molecular complexity index is 1170. The van der Waals surface area contributed by atoms with Crippen molar-refractivity contribution < 1.29 is 35.6 Å². The molecule has 0 aromatic carbocycles. The van der Waals surface area contributed by atoms with Gasteiger partial charge in [0.1, 0.15) is 5.69 Å². The molecule has 1 aliphatic heterocycles. The molecule has 34 heavy (non-hydrogen) atoms. The molecule has 3 aromatic heterocycles. The van der Waals surface area contributed by atoms with E-state index < -0.39 is 30.4 Å². The van der Waals surface area contributed by atoms with Crippen LogP contribution < -0.4 is 9.64 Å². The number of aromatic nitrogens is 4. The second-order valence-corrected chi connectivity index (χ2v) is 8.92. The third-order valence-electron chi connectivity index (χ3n) is 6.55. The highest BCUT2D eigenvalue weighted by Crippen LogP contribution is 2.44. The smallest absolute Gasteiger partial charge is 0.433 e. The Labute approximate surface area is 189 Å². The predicted molar refractivity (Wildman–Crippen MR) is 106 cm³/mol. The maximum Gasteiger partial charge on any atom is 0.433 e. The van der Waals surface area contributed by atoms with Gasteiger partial charge in [-0.1, -0.05) is 5.16 Å². The third-order valence-corrected chi connectivity index (χ3v) is 6.55. The van der Waals surface area contributed by atoms with Gasteiger partial charge in [0.2, 0.25) is 5.88 Å². The molecular weight excluding hydrogens is 468 g/mol. The number of hydrogen-bond donors (Lipinski definition) is 0. The number of ether oxygens (including phenoxy) is 1. The topological polar surface area (TPSA) is 68.7 Å². The molecule has 0 radical (unpaired) electrons. The van der Waals surface area contributed by atoms with Crippen LogP contribution in [0.25, 0.3) is 5.65 Å². The highest BCUT2D eigenvalue weighted by atomic mass is 19.4. The van der Waals surface area contributed by atoms with Gasteiger partial charge in [-0.25, -0.2) is 9.50 Å². The lowest BCUT2D eigenvalue weighted by atomic mass is 9.82. The molecule has 184 valence electrons. The van der Waals surface area contributed by atoms with Crippen LogP contribution in [0.5, 0.6) is 5.75 Å². The van der Waals surface area contributed by atoms with Crippen LogP contribution in [0.15, 0.2) is 22.7 Å². The van der Waals surface area contributed by atoms with E-state index in [0.717, 1.165) is 37.7 Å². The molecule has 5 rings (SSSR count). The Morgan fingerprint density at radius 1 is 1.09 bits per heavy atom. The number of hydrogen-bond acceptors (Lipinski definition) is 6. The predicted octanol–water partition coefficient (Wildman–Crippen LogP) is 4.69. The van der Waals surface area contributed by atoms with Crippen LogP contribution in [-0.4, -0.2) is 45.6 Å². The van der Waals surface area contributed by atoms with E-state index in [1.807, 2.05) is 13.0 Å². The van der Waals surface area contributed by atoms with E-state index in [1.165, 1.54) is 0 Å². The molecule has 1 saturated carbocycles. The average Bonchev–Trinajstić information content (AvgIpc) is 3.41. The number of pyridine rings is 1. The lowest BCUT2D eigenvalue weighted by Crippen LogP contribution is -2.42. The zero-order valence-corrected chi connectivity index (χ0v) is 18.0. The summed E-state index contributed by atoms with van der Waals surface area (Å²) in [4.78, 5) is 6.30. The highest BCUT2D eigenvalue weighted by molar-refractivity contribution is 5.54. The van der Waals surface area contributed by atoms with Gasteiger partial charge in [0.15, 0.2) is 23.8 Å². The maximum atomic E-state index is 13.5. The molecule has 2 fully saturated rings. The van der Waals surface area contributed by atoms with Crippen LogP contribution in [0, 0.1) is 24.7 Å². The van der Waals surface area contributed by atoms with E-state index in [-0.39, 0.29) is 29.2 Å². The van der Waals surface area contributed by atoms with Gasteiger partial charge < -0.3 is 14.2 Å². The minimum Gasteiger partial charge on any atom is -0.480 e. The lowest BCUT2D eigenvalue weighted by molar-refractivity contribution is -0.153. The summed E-state index contributed by atoms with van der Waals surface area (Å²) < 4.78 is 89.0. The van der Waals surface area contributed by atoms with Crippen molar-refractivity contribution in [2.24, 2.45) is 17.8 Å².